The summed E-state index contributed by atoms with van der Waals surface area (Å²) in [5.74, 6) is 1.02. The number of rotatable bonds is 7. The number of ether oxygens (including phenoxy) is 1. The second-order valence-electron chi connectivity index (χ2n) is 5.07. The number of hydrogen-bond acceptors (Lipinski definition) is 5. The van der Waals surface area contributed by atoms with Crippen molar-refractivity contribution in [3.05, 3.63) is 65.4 Å². The summed E-state index contributed by atoms with van der Waals surface area (Å²) in [5, 5.41) is 9.58. The summed E-state index contributed by atoms with van der Waals surface area (Å²) in [5.41, 5.74) is 6.11. The summed E-state index contributed by atoms with van der Waals surface area (Å²) in [6.45, 7) is 0.223. The molecule has 0 bridgehead atoms. The highest BCUT2D eigenvalue weighted by molar-refractivity contribution is 7.99. The van der Waals surface area contributed by atoms with Gasteiger partial charge in [0.05, 0.1) is 5.75 Å². The minimum Gasteiger partial charge on any atom is -0.486 e. The molecule has 0 fully saturated rings. The Morgan fingerprint density at radius 2 is 1.84 bits per heavy atom. The highest BCUT2D eigenvalue weighted by Gasteiger charge is 2.15. The first-order valence-corrected chi connectivity index (χ1v) is 8.79. The van der Waals surface area contributed by atoms with Crippen LogP contribution in [0.5, 0.6) is 5.75 Å². The predicted molar refractivity (Wildman–Crippen MR) is 97.1 cm³/mol. The van der Waals surface area contributed by atoms with Crippen molar-refractivity contribution in [3.8, 4) is 11.4 Å². The van der Waals surface area contributed by atoms with Crippen LogP contribution in [0.15, 0.2) is 59.8 Å². The van der Waals surface area contributed by atoms with Gasteiger partial charge in [0.25, 0.3) is 0 Å². The number of carbonyl (C=O) groups is 1. The van der Waals surface area contributed by atoms with Gasteiger partial charge in [-0.15, -0.1) is 10.2 Å². The maximum absolute atomic E-state index is 11.1. The van der Waals surface area contributed by atoms with Crippen LogP contribution in [0.2, 0.25) is 5.02 Å². The van der Waals surface area contributed by atoms with E-state index >= 15 is 0 Å². The van der Waals surface area contributed by atoms with Crippen LogP contribution in [-0.2, 0) is 11.4 Å². The molecule has 1 amide bonds. The van der Waals surface area contributed by atoms with Crippen molar-refractivity contribution in [2.24, 2.45) is 5.73 Å². The molecule has 3 rings (SSSR count). The van der Waals surface area contributed by atoms with E-state index in [-0.39, 0.29) is 12.4 Å². The number of para-hydroxylation sites is 1. The van der Waals surface area contributed by atoms with Gasteiger partial charge in [0.1, 0.15) is 12.4 Å². The minimum absolute atomic E-state index is 0.128. The zero-order valence-electron chi connectivity index (χ0n) is 13.1. The van der Waals surface area contributed by atoms with E-state index in [1.807, 2.05) is 34.9 Å². The van der Waals surface area contributed by atoms with Crippen molar-refractivity contribution >= 4 is 29.3 Å². The standard InChI is InChI=1S/C17H15ClN4O2S/c18-12-6-8-14(9-7-12)24-10-16-20-21-17(25-11-15(19)23)22(16)13-4-2-1-3-5-13/h1-9H,10-11H2,(H2,19,23). The lowest BCUT2D eigenvalue weighted by molar-refractivity contribution is -0.115. The third kappa shape index (κ3) is 4.52. The molecule has 1 aromatic heterocycles. The zero-order valence-corrected chi connectivity index (χ0v) is 14.7. The Kier molecular flexibility index (Phi) is 5.57. The molecule has 25 heavy (non-hydrogen) atoms. The van der Waals surface area contributed by atoms with Gasteiger partial charge < -0.3 is 10.5 Å². The second kappa shape index (κ2) is 8.04. The quantitative estimate of drug-likeness (QED) is 0.642. The van der Waals surface area contributed by atoms with Crippen molar-refractivity contribution in [2.45, 2.75) is 11.8 Å². The molecule has 0 spiro atoms. The predicted octanol–water partition coefficient (Wildman–Crippen LogP) is 3.08. The number of primary amides is 1. The number of thioether (sulfide) groups is 1. The highest BCUT2D eigenvalue weighted by atomic mass is 35.5. The van der Waals surface area contributed by atoms with E-state index in [1.165, 1.54) is 11.8 Å². The van der Waals surface area contributed by atoms with Crippen molar-refractivity contribution in [3.63, 3.8) is 0 Å². The molecule has 128 valence electrons. The van der Waals surface area contributed by atoms with Gasteiger partial charge in [-0.1, -0.05) is 41.6 Å². The van der Waals surface area contributed by atoms with Crippen LogP contribution in [0.1, 0.15) is 5.82 Å². The third-order valence-electron chi connectivity index (χ3n) is 3.24. The topological polar surface area (TPSA) is 83.0 Å². The molecule has 2 N–H and O–H groups in total. The van der Waals surface area contributed by atoms with Crippen LogP contribution < -0.4 is 10.5 Å². The molecule has 1 heterocycles. The Labute approximate surface area is 154 Å². The van der Waals surface area contributed by atoms with Gasteiger partial charge in [0.2, 0.25) is 5.91 Å². The molecule has 3 aromatic rings. The van der Waals surface area contributed by atoms with Crippen molar-refractivity contribution in [1.29, 1.82) is 0 Å². The number of aromatic nitrogens is 3. The SMILES string of the molecule is NC(=O)CSc1nnc(COc2ccc(Cl)cc2)n1-c1ccccc1. The van der Waals surface area contributed by atoms with Crippen molar-refractivity contribution < 1.29 is 9.53 Å². The van der Waals surface area contributed by atoms with E-state index < -0.39 is 5.91 Å². The molecular weight excluding hydrogens is 360 g/mol. The van der Waals surface area contributed by atoms with Gasteiger partial charge in [0, 0.05) is 10.7 Å². The molecule has 0 aliphatic rings. The van der Waals surface area contributed by atoms with Crippen LogP contribution in [0.3, 0.4) is 0 Å². The maximum atomic E-state index is 11.1. The molecule has 0 saturated carbocycles. The normalized spacial score (nSPS) is 10.6. The molecule has 8 heteroatoms. The number of halogens is 1. The Bertz CT molecular complexity index is 853. The van der Waals surface area contributed by atoms with Crippen molar-refractivity contribution in [2.75, 3.05) is 5.75 Å². The van der Waals surface area contributed by atoms with E-state index in [4.69, 9.17) is 22.1 Å². The molecule has 0 saturated heterocycles. The second-order valence-corrected chi connectivity index (χ2v) is 6.45. The lowest BCUT2D eigenvalue weighted by Gasteiger charge is -2.11. The van der Waals surface area contributed by atoms with Gasteiger partial charge in [-0.05, 0) is 36.4 Å². The molecule has 0 atom stereocenters. The van der Waals surface area contributed by atoms with Crippen molar-refractivity contribution in [1.82, 2.24) is 14.8 Å². The summed E-state index contributed by atoms with van der Waals surface area (Å²) < 4.78 is 7.62. The van der Waals surface area contributed by atoms with Gasteiger partial charge in [-0.3, -0.25) is 9.36 Å². The van der Waals surface area contributed by atoms with Crippen LogP contribution >= 0.6 is 23.4 Å². The van der Waals surface area contributed by atoms with Crippen LogP contribution in [-0.4, -0.2) is 26.4 Å². The molecule has 0 aliphatic carbocycles. The average Bonchev–Trinajstić information content (AvgIpc) is 3.03. The fourth-order valence-electron chi connectivity index (χ4n) is 2.14. The summed E-state index contributed by atoms with van der Waals surface area (Å²) >= 11 is 7.11. The number of carbonyl (C=O) groups excluding carboxylic acids is 1. The van der Waals surface area contributed by atoms with Gasteiger partial charge in [-0.2, -0.15) is 0 Å². The molecule has 0 aliphatic heterocycles. The zero-order chi connectivity index (χ0) is 17.6. The molecular formula is C17H15ClN4O2S. The first-order valence-electron chi connectivity index (χ1n) is 7.42. The summed E-state index contributed by atoms with van der Waals surface area (Å²) in [4.78, 5) is 11.1. The Morgan fingerprint density at radius 1 is 1.12 bits per heavy atom. The van der Waals surface area contributed by atoms with Gasteiger partial charge in [0.15, 0.2) is 11.0 Å². The number of amides is 1. The Morgan fingerprint density at radius 3 is 2.52 bits per heavy atom. The lowest BCUT2D eigenvalue weighted by atomic mass is 10.3. The van der Waals surface area contributed by atoms with Crippen LogP contribution in [0.4, 0.5) is 0 Å². The van der Waals surface area contributed by atoms with Gasteiger partial charge >= 0.3 is 0 Å². The first kappa shape index (κ1) is 17.3. The Hall–Kier alpha value is -2.51. The smallest absolute Gasteiger partial charge is 0.227 e. The molecule has 2 aromatic carbocycles. The number of nitrogens with two attached hydrogens (primary N) is 1. The fourth-order valence-corrected chi connectivity index (χ4v) is 2.97. The van der Waals surface area contributed by atoms with E-state index in [9.17, 15) is 4.79 Å². The summed E-state index contributed by atoms with van der Waals surface area (Å²) in [7, 11) is 0. The highest BCUT2D eigenvalue weighted by Crippen LogP contribution is 2.23. The number of benzene rings is 2. The van der Waals surface area contributed by atoms with E-state index in [1.54, 1.807) is 24.3 Å². The average molecular weight is 375 g/mol. The molecule has 0 radical (unpaired) electrons. The number of nitrogens with zero attached hydrogens (tertiary/aromatic N) is 3. The minimum atomic E-state index is -0.411. The fraction of sp³-hybridized carbons (Fsp3) is 0.118. The summed E-state index contributed by atoms with van der Waals surface area (Å²) in [6, 6.07) is 16.7. The van der Waals surface area contributed by atoms with Gasteiger partial charge in [-0.25, -0.2) is 0 Å². The monoisotopic (exact) mass is 374 g/mol. The Balaban J connectivity index is 1.85. The van der Waals surface area contributed by atoms with E-state index in [0.29, 0.717) is 21.8 Å². The molecule has 6 nitrogen and oxygen atoms in total. The summed E-state index contributed by atoms with van der Waals surface area (Å²) in [6.07, 6.45) is 0. The largest absolute Gasteiger partial charge is 0.486 e. The number of hydrogen-bond donors (Lipinski definition) is 1. The third-order valence-corrected chi connectivity index (χ3v) is 4.44. The lowest BCUT2D eigenvalue weighted by Crippen LogP contribution is -2.14. The van der Waals surface area contributed by atoms with Crippen LogP contribution in [0.25, 0.3) is 5.69 Å². The van der Waals surface area contributed by atoms with E-state index in [0.717, 1.165) is 5.69 Å². The maximum Gasteiger partial charge on any atom is 0.227 e. The van der Waals surface area contributed by atoms with Crippen LogP contribution in [0, 0.1) is 0 Å². The molecule has 0 unspecified atom stereocenters. The van der Waals surface area contributed by atoms with E-state index in [2.05, 4.69) is 10.2 Å². The first-order chi connectivity index (χ1) is 12.1.